The number of benzene rings is 2. The molecule has 1 amide bonds. The third kappa shape index (κ3) is 4.58. The minimum absolute atomic E-state index is 0.198. The van der Waals surface area contributed by atoms with Gasteiger partial charge in [-0.1, -0.05) is 11.6 Å². The molecule has 7 nitrogen and oxygen atoms in total. The second-order valence-electron chi connectivity index (χ2n) is 7.00. The number of fused-ring (bicyclic) bond motifs is 1. The molecule has 2 heterocycles. The van der Waals surface area contributed by atoms with Crippen molar-refractivity contribution in [1.82, 2.24) is 0 Å². The third-order valence-electron chi connectivity index (χ3n) is 4.88. The van der Waals surface area contributed by atoms with Crippen molar-refractivity contribution < 1.29 is 18.7 Å². The molecule has 0 saturated carbocycles. The average molecular weight is 429 g/mol. The molecule has 1 saturated heterocycles. The number of hydrogen-bond donors (Lipinski definition) is 1. The van der Waals surface area contributed by atoms with Gasteiger partial charge in [-0.05, 0) is 42.8 Å². The van der Waals surface area contributed by atoms with Gasteiger partial charge in [0.2, 0.25) is 0 Å². The zero-order chi connectivity index (χ0) is 21.1. The minimum Gasteiger partial charge on any atom is -0.484 e. The van der Waals surface area contributed by atoms with Crippen LogP contribution in [0.4, 0.5) is 11.4 Å². The van der Waals surface area contributed by atoms with E-state index in [0.29, 0.717) is 35.3 Å². The molecule has 4 rings (SSSR count). The summed E-state index contributed by atoms with van der Waals surface area (Å²) < 4.78 is 16.2. The van der Waals surface area contributed by atoms with Crippen LogP contribution in [0.3, 0.4) is 0 Å². The summed E-state index contributed by atoms with van der Waals surface area (Å²) in [6.45, 7) is 4.39. The Morgan fingerprint density at radius 3 is 2.77 bits per heavy atom. The molecular formula is C22H21ClN2O5. The van der Waals surface area contributed by atoms with Crippen LogP contribution in [0.1, 0.15) is 5.56 Å². The molecule has 2 aromatic carbocycles. The average Bonchev–Trinajstić information content (AvgIpc) is 2.72. The smallest absolute Gasteiger partial charge is 0.336 e. The Kier molecular flexibility index (Phi) is 5.92. The lowest BCUT2D eigenvalue weighted by molar-refractivity contribution is -0.118. The lowest BCUT2D eigenvalue weighted by Gasteiger charge is -2.30. The second-order valence-corrected chi connectivity index (χ2v) is 7.44. The van der Waals surface area contributed by atoms with Crippen LogP contribution in [-0.2, 0) is 9.53 Å². The molecule has 8 heteroatoms. The molecule has 0 unspecified atom stereocenters. The van der Waals surface area contributed by atoms with E-state index in [1.165, 1.54) is 6.07 Å². The van der Waals surface area contributed by atoms with Gasteiger partial charge in [0.15, 0.2) is 6.61 Å². The number of amides is 1. The van der Waals surface area contributed by atoms with Crippen LogP contribution in [0.5, 0.6) is 5.75 Å². The number of aryl methyl sites for hydroxylation is 1. The van der Waals surface area contributed by atoms with E-state index in [1.807, 2.05) is 13.0 Å². The summed E-state index contributed by atoms with van der Waals surface area (Å²) >= 11 is 6.13. The van der Waals surface area contributed by atoms with Crippen LogP contribution in [-0.4, -0.2) is 38.8 Å². The highest BCUT2D eigenvalue weighted by Gasteiger charge is 2.17. The Morgan fingerprint density at radius 2 is 1.97 bits per heavy atom. The lowest BCUT2D eigenvalue weighted by atomic mass is 10.1. The predicted octanol–water partition coefficient (Wildman–Crippen LogP) is 3.61. The van der Waals surface area contributed by atoms with Crippen LogP contribution in [0.15, 0.2) is 51.7 Å². The van der Waals surface area contributed by atoms with Gasteiger partial charge >= 0.3 is 5.63 Å². The van der Waals surface area contributed by atoms with E-state index in [4.69, 9.17) is 25.5 Å². The molecule has 0 bridgehead atoms. The summed E-state index contributed by atoms with van der Waals surface area (Å²) in [5.41, 5.74) is 2.33. The van der Waals surface area contributed by atoms with Crippen LogP contribution in [0.25, 0.3) is 11.0 Å². The number of nitrogens with zero attached hydrogens (tertiary/aromatic N) is 1. The zero-order valence-corrected chi connectivity index (χ0v) is 17.2. The fourth-order valence-electron chi connectivity index (χ4n) is 3.42. The van der Waals surface area contributed by atoms with Gasteiger partial charge in [-0.25, -0.2) is 4.79 Å². The van der Waals surface area contributed by atoms with Crippen molar-refractivity contribution in [3.05, 3.63) is 63.5 Å². The van der Waals surface area contributed by atoms with Crippen LogP contribution in [0, 0.1) is 6.92 Å². The number of morpholine rings is 1. The van der Waals surface area contributed by atoms with E-state index in [0.717, 1.165) is 29.7 Å². The summed E-state index contributed by atoms with van der Waals surface area (Å²) in [7, 11) is 0. The summed E-state index contributed by atoms with van der Waals surface area (Å²) in [5, 5.41) is 4.22. The molecule has 30 heavy (non-hydrogen) atoms. The normalized spacial score (nSPS) is 14.0. The maximum atomic E-state index is 12.5. The maximum absolute atomic E-state index is 12.5. The molecule has 0 aliphatic carbocycles. The first-order valence-corrected chi connectivity index (χ1v) is 9.97. The SMILES string of the molecule is Cc1cc(=O)oc2cc(OCC(=O)Nc3cc(Cl)ccc3N3CCOCC3)ccc12. The van der Waals surface area contributed by atoms with Gasteiger partial charge in [0.05, 0.1) is 24.6 Å². The van der Waals surface area contributed by atoms with Crippen LogP contribution >= 0.6 is 11.6 Å². The number of anilines is 2. The molecule has 156 valence electrons. The number of nitrogens with one attached hydrogen (secondary N) is 1. The summed E-state index contributed by atoms with van der Waals surface area (Å²) in [6, 6.07) is 12.0. The monoisotopic (exact) mass is 428 g/mol. The standard InChI is InChI=1S/C22H21ClN2O5/c1-14-10-22(27)30-20-12-16(3-4-17(14)20)29-13-21(26)24-18-11-15(23)2-5-19(18)25-6-8-28-9-7-25/h2-5,10-12H,6-9,13H2,1H3,(H,24,26). The van der Waals surface area contributed by atoms with Gasteiger partial charge in [0, 0.05) is 35.6 Å². The number of hydrogen-bond acceptors (Lipinski definition) is 6. The van der Waals surface area contributed by atoms with E-state index < -0.39 is 5.63 Å². The molecule has 1 N–H and O–H groups in total. The molecular weight excluding hydrogens is 408 g/mol. The van der Waals surface area contributed by atoms with Crippen molar-refractivity contribution in [2.75, 3.05) is 43.1 Å². The largest absolute Gasteiger partial charge is 0.484 e. The molecule has 1 aliphatic rings. The first-order chi connectivity index (χ1) is 14.5. The van der Waals surface area contributed by atoms with Gasteiger partial charge in [0.1, 0.15) is 11.3 Å². The maximum Gasteiger partial charge on any atom is 0.336 e. The topological polar surface area (TPSA) is 81.0 Å². The molecule has 0 radical (unpaired) electrons. The molecule has 3 aromatic rings. The number of halogens is 1. The summed E-state index contributed by atoms with van der Waals surface area (Å²) in [5.74, 6) is 0.114. The van der Waals surface area contributed by atoms with E-state index in [9.17, 15) is 9.59 Å². The Hall–Kier alpha value is -3.03. The molecule has 0 spiro atoms. The van der Waals surface area contributed by atoms with E-state index in [2.05, 4.69) is 10.2 Å². The quantitative estimate of drug-likeness (QED) is 0.625. The summed E-state index contributed by atoms with van der Waals surface area (Å²) in [4.78, 5) is 26.2. The van der Waals surface area contributed by atoms with E-state index >= 15 is 0 Å². The molecule has 1 aromatic heterocycles. The third-order valence-corrected chi connectivity index (χ3v) is 5.11. The highest BCUT2D eigenvalue weighted by atomic mass is 35.5. The van der Waals surface area contributed by atoms with E-state index in [1.54, 1.807) is 30.3 Å². The first-order valence-electron chi connectivity index (χ1n) is 9.59. The van der Waals surface area contributed by atoms with Gasteiger partial charge < -0.3 is 24.1 Å². The van der Waals surface area contributed by atoms with Crippen molar-refractivity contribution in [3.8, 4) is 5.75 Å². The number of carbonyl (C=O) groups excluding carboxylic acids is 1. The highest BCUT2D eigenvalue weighted by molar-refractivity contribution is 6.31. The molecule has 0 atom stereocenters. The van der Waals surface area contributed by atoms with Crippen molar-refractivity contribution in [2.45, 2.75) is 6.92 Å². The predicted molar refractivity (Wildman–Crippen MR) is 116 cm³/mol. The fourth-order valence-corrected chi connectivity index (χ4v) is 3.59. The van der Waals surface area contributed by atoms with Gasteiger partial charge in [-0.2, -0.15) is 0 Å². The van der Waals surface area contributed by atoms with Gasteiger partial charge in [-0.15, -0.1) is 0 Å². The number of ether oxygens (including phenoxy) is 2. The second kappa shape index (κ2) is 8.77. The Balaban J connectivity index is 1.46. The highest BCUT2D eigenvalue weighted by Crippen LogP contribution is 2.30. The zero-order valence-electron chi connectivity index (χ0n) is 16.4. The molecule has 1 fully saturated rings. The van der Waals surface area contributed by atoms with Crippen molar-refractivity contribution in [1.29, 1.82) is 0 Å². The van der Waals surface area contributed by atoms with Crippen molar-refractivity contribution in [2.24, 2.45) is 0 Å². The van der Waals surface area contributed by atoms with Crippen LogP contribution in [0.2, 0.25) is 5.02 Å². The van der Waals surface area contributed by atoms with Crippen molar-refractivity contribution >= 4 is 39.9 Å². The Bertz CT molecular complexity index is 1140. The molecule has 1 aliphatic heterocycles. The Labute approximate surface area is 178 Å². The first kappa shape index (κ1) is 20.3. The Morgan fingerprint density at radius 1 is 1.17 bits per heavy atom. The number of carbonyl (C=O) groups is 1. The minimum atomic E-state index is -0.425. The van der Waals surface area contributed by atoms with Crippen LogP contribution < -0.4 is 20.6 Å². The number of rotatable bonds is 5. The fraction of sp³-hybridized carbons (Fsp3) is 0.273. The van der Waals surface area contributed by atoms with Gasteiger partial charge in [-0.3, -0.25) is 4.79 Å². The van der Waals surface area contributed by atoms with Crippen molar-refractivity contribution in [3.63, 3.8) is 0 Å². The van der Waals surface area contributed by atoms with Gasteiger partial charge in [0.25, 0.3) is 5.91 Å². The van der Waals surface area contributed by atoms with E-state index in [-0.39, 0.29) is 12.5 Å². The lowest BCUT2D eigenvalue weighted by Crippen LogP contribution is -2.37. The summed E-state index contributed by atoms with van der Waals surface area (Å²) in [6.07, 6.45) is 0.